The zero-order valence-corrected chi connectivity index (χ0v) is 19.6. The molecule has 4 aromatic rings. The van der Waals surface area contributed by atoms with Crippen LogP contribution in [0, 0.1) is 37.8 Å². The molecular formula is C26H24F2N4O3. The van der Waals surface area contributed by atoms with E-state index in [-0.39, 0.29) is 33.8 Å². The number of hydrogen-bond acceptors (Lipinski definition) is 6. The van der Waals surface area contributed by atoms with Crippen LogP contribution in [-0.2, 0) is 0 Å². The fraction of sp³-hybridized carbons (Fsp3) is 0.192. The van der Waals surface area contributed by atoms with E-state index in [2.05, 4.69) is 10.3 Å². The van der Waals surface area contributed by atoms with Crippen LogP contribution < -0.4 is 16.2 Å². The molecule has 7 nitrogen and oxygen atoms in total. The largest absolute Gasteiger partial charge is 0.455 e. The lowest BCUT2D eigenvalue weighted by Gasteiger charge is -2.20. The lowest BCUT2D eigenvalue weighted by Crippen LogP contribution is -2.23. The third-order valence-corrected chi connectivity index (χ3v) is 5.80. The van der Waals surface area contributed by atoms with E-state index in [0.29, 0.717) is 27.9 Å². The number of aromatic nitrogens is 1. The Balaban J connectivity index is 1.88. The summed E-state index contributed by atoms with van der Waals surface area (Å²) in [4.78, 5) is 17.6. The first-order valence-corrected chi connectivity index (χ1v) is 10.9. The predicted octanol–water partition coefficient (Wildman–Crippen LogP) is 5.54. The first kappa shape index (κ1) is 24.0. The van der Waals surface area contributed by atoms with Crippen LogP contribution in [0.25, 0.3) is 22.3 Å². The molecular weight excluding hydrogens is 454 g/mol. The van der Waals surface area contributed by atoms with Crippen LogP contribution in [0.4, 0.5) is 14.5 Å². The quantitative estimate of drug-likeness (QED) is 0.170. The van der Waals surface area contributed by atoms with Gasteiger partial charge in [0, 0.05) is 22.4 Å². The normalized spacial score (nSPS) is 12.0. The van der Waals surface area contributed by atoms with Gasteiger partial charge < -0.3 is 9.73 Å². The molecule has 9 heteroatoms. The van der Waals surface area contributed by atoms with Crippen molar-refractivity contribution in [2.45, 2.75) is 33.7 Å². The van der Waals surface area contributed by atoms with Crippen molar-refractivity contribution < 1.29 is 18.4 Å². The van der Waals surface area contributed by atoms with Gasteiger partial charge in [0.25, 0.3) is 0 Å². The Morgan fingerprint density at radius 3 is 2.51 bits per heavy atom. The summed E-state index contributed by atoms with van der Waals surface area (Å²) in [6, 6.07) is 10.0. The van der Waals surface area contributed by atoms with Crippen molar-refractivity contribution in [2.24, 2.45) is 0 Å². The Labute approximate surface area is 199 Å². The summed E-state index contributed by atoms with van der Waals surface area (Å²) < 4.78 is 33.6. The number of hydrogen-bond donors (Lipinski definition) is 4. The van der Waals surface area contributed by atoms with Gasteiger partial charge in [-0.15, -0.1) is 0 Å². The van der Waals surface area contributed by atoms with Crippen molar-refractivity contribution in [3.05, 3.63) is 92.4 Å². The van der Waals surface area contributed by atoms with Crippen molar-refractivity contribution in [2.75, 3.05) is 5.32 Å². The lowest BCUT2D eigenvalue weighted by atomic mass is 9.98. The highest BCUT2D eigenvalue weighted by Gasteiger charge is 2.21. The molecule has 4 rings (SSSR count). The second kappa shape index (κ2) is 9.27. The minimum absolute atomic E-state index is 0.155. The zero-order chi connectivity index (χ0) is 25.4. The monoisotopic (exact) mass is 478 g/mol. The molecule has 0 unspecified atom stereocenters. The van der Waals surface area contributed by atoms with E-state index in [9.17, 15) is 18.8 Å². The third-order valence-electron chi connectivity index (χ3n) is 5.80. The summed E-state index contributed by atoms with van der Waals surface area (Å²) in [5, 5.41) is 20.8. The first-order valence-electron chi connectivity index (χ1n) is 10.9. The van der Waals surface area contributed by atoms with Gasteiger partial charge in [-0.25, -0.2) is 13.8 Å². The van der Waals surface area contributed by atoms with Crippen molar-refractivity contribution in [3.63, 3.8) is 0 Å². The van der Waals surface area contributed by atoms with Gasteiger partial charge in [-0.05, 0) is 69.7 Å². The van der Waals surface area contributed by atoms with E-state index in [1.54, 1.807) is 32.0 Å². The number of amidine groups is 1. The number of nitrogens with zero attached hydrogens (tertiary/aromatic N) is 1. The number of pyridine rings is 1. The molecule has 2 aromatic heterocycles. The van der Waals surface area contributed by atoms with Gasteiger partial charge in [-0.3, -0.25) is 20.9 Å². The Bertz CT molecular complexity index is 1530. The topological polar surface area (TPSA) is 111 Å². The summed E-state index contributed by atoms with van der Waals surface area (Å²) in [5.41, 5.74) is 5.24. The van der Waals surface area contributed by atoms with E-state index in [0.717, 1.165) is 17.7 Å². The number of hydroxylamine groups is 1. The molecule has 180 valence electrons. The molecule has 2 heterocycles. The first-order chi connectivity index (χ1) is 16.6. The van der Waals surface area contributed by atoms with Gasteiger partial charge in [0.15, 0.2) is 22.9 Å². The van der Waals surface area contributed by atoms with Gasteiger partial charge in [0.05, 0.1) is 17.1 Å². The number of aryl methyl sites for hydroxylation is 2. The van der Waals surface area contributed by atoms with Crippen LogP contribution in [0.3, 0.4) is 0 Å². The maximum atomic E-state index is 13.9. The predicted molar refractivity (Wildman–Crippen MR) is 130 cm³/mol. The average Bonchev–Trinajstić information content (AvgIpc) is 2.83. The molecule has 0 amide bonds. The highest BCUT2D eigenvalue weighted by Crippen LogP contribution is 2.33. The minimum Gasteiger partial charge on any atom is -0.455 e. The Kier molecular flexibility index (Phi) is 6.36. The maximum absolute atomic E-state index is 13.9. The molecule has 0 aliphatic heterocycles. The van der Waals surface area contributed by atoms with Gasteiger partial charge in [-0.2, -0.15) is 0 Å². The smallest absolute Gasteiger partial charge is 0.196 e. The summed E-state index contributed by atoms with van der Waals surface area (Å²) in [6.07, 6.45) is 0. The molecule has 0 bridgehead atoms. The second-order valence-electron chi connectivity index (χ2n) is 8.45. The Hall–Kier alpha value is -4.11. The second-order valence-corrected chi connectivity index (χ2v) is 8.45. The Morgan fingerprint density at radius 2 is 1.83 bits per heavy atom. The molecule has 2 aromatic carbocycles. The van der Waals surface area contributed by atoms with E-state index >= 15 is 0 Å². The SMILES string of the molecule is Cc1cc([C@@H](C)Nc2ccc(C)nc2C(=N)NO)c2oc(-c3ccc(F)c(F)c3)c(C)c(=O)c2c1. The van der Waals surface area contributed by atoms with Crippen LogP contribution in [0.1, 0.15) is 41.0 Å². The molecule has 0 spiro atoms. The van der Waals surface area contributed by atoms with Gasteiger partial charge >= 0.3 is 0 Å². The maximum Gasteiger partial charge on any atom is 0.196 e. The number of halogens is 2. The van der Waals surface area contributed by atoms with Crippen molar-refractivity contribution in [1.82, 2.24) is 10.5 Å². The van der Waals surface area contributed by atoms with Gasteiger partial charge in [0.2, 0.25) is 0 Å². The van der Waals surface area contributed by atoms with Crippen molar-refractivity contribution >= 4 is 22.5 Å². The zero-order valence-electron chi connectivity index (χ0n) is 19.6. The van der Waals surface area contributed by atoms with Crippen LogP contribution in [0.5, 0.6) is 0 Å². The molecule has 4 N–H and O–H groups in total. The number of benzene rings is 2. The van der Waals surface area contributed by atoms with E-state index in [1.807, 2.05) is 25.4 Å². The van der Waals surface area contributed by atoms with E-state index < -0.39 is 17.7 Å². The van der Waals surface area contributed by atoms with Gasteiger partial charge in [-0.1, -0.05) is 6.07 Å². The molecule has 0 saturated heterocycles. The third kappa shape index (κ3) is 4.50. The number of nitrogens with one attached hydrogen (secondary N) is 3. The molecule has 0 fully saturated rings. The number of anilines is 1. The fourth-order valence-electron chi connectivity index (χ4n) is 4.03. The van der Waals surface area contributed by atoms with Gasteiger partial charge in [0.1, 0.15) is 17.0 Å². The van der Waals surface area contributed by atoms with Crippen LogP contribution in [-0.4, -0.2) is 16.0 Å². The standard InChI is InChI=1S/C26H24F2N4O3/c1-12-9-17(15(4)31-21-8-5-13(2)30-22(21)26(29)32-34)25-18(10-12)23(33)14(3)24(35-25)16-6-7-19(27)20(28)11-16/h5-11,15,31,34H,1-4H3,(H2,29,32)/t15-/m1/s1. The molecule has 0 radical (unpaired) electrons. The van der Waals surface area contributed by atoms with Crippen LogP contribution in [0.15, 0.2) is 51.7 Å². The molecule has 0 saturated carbocycles. The highest BCUT2D eigenvalue weighted by atomic mass is 19.2. The lowest BCUT2D eigenvalue weighted by molar-refractivity contribution is 0.234. The Morgan fingerprint density at radius 1 is 1.09 bits per heavy atom. The van der Waals surface area contributed by atoms with Crippen molar-refractivity contribution in [1.29, 1.82) is 5.41 Å². The summed E-state index contributed by atoms with van der Waals surface area (Å²) in [7, 11) is 0. The summed E-state index contributed by atoms with van der Waals surface area (Å²) >= 11 is 0. The minimum atomic E-state index is -1.04. The molecule has 0 aliphatic carbocycles. The molecule has 0 aliphatic rings. The van der Waals surface area contributed by atoms with Crippen molar-refractivity contribution in [3.8, 4) is 11.3 Å². The summed E-state index contributed by atoms with van der Waals surface area (Å²) in [6.45, 7) is 7.07. The number of fused-ring (bicyclic) bond motifs is 1. The highest BCUT2D eigenvalue weighted by molar-refractivity contribution is 5.99. The summed E-state index contributed by atoms with van der Waals surface area (Å²) in [5.74, 6) is -2.15. The average molecular weight is 478 g/mol. The van der Waals surface area contributed by atoms with E-state index in [4.69, 9.17) is 9.83 Å². The van der Waals surface area contributed by atoms with Crippen LogP contribution >= 0.6 is 0 Å². The van der Waals surface area contributed by atoms with E-state index in [1.165, 1.54) is 6.07 Å². The molecule has 1 atom stereocenters. The molecule has 35 heavy (non-hydrogen) atoms. The number of rotatable bonds is 5. The van der Waals surface area contributed by atoms with Crippen LogP contribution in [0.2, 0.25) is 0 Å². The fourth-order valence-corrected chi connectivity index (χ4v) is 4.03.